The monoisotopic (exact) mass is 486 g/mol. The van der Waals surface area contributed by atoms with Crippen molar-refractivity contribution in [3.8, 4) is 0 Å². The minimum Gasteiger partial charge on any atom is -0.467 e. The van der Waals surface area contributed by atoms with Crippen LogP contribution in [-0.4, -0.2) is 55.1 Å². The number of nitrogens with one attached hydrogen (secondary N) is 2. The summed E-state index contributed by atoms with van der Waals surface area (Å²) in [5.74, 6) is 0.131. The Balaban J connectivity index is 1.38. The molecule has 1 unspecified atom stereocenters. The number of esters is 1. The van der Waals surface area contributed by atoms with Crippen LogP contribution in [0.15, 0.2) is 24.5 Å². The van der Waals surface area contributed by atoms with E-state index in [2.05, 4.69) is 27.4 Å². The highest BCUT2D eigenvalue weighted by molar-refractivity contribution is 5.84. The second-order valence-corrected chi connectivity index (χ2v) is 10.0. The minimum atomic E-state index is -0.587. The predicted molar refractivity (Wildman–Crippen MR) is 136 cm³/mol. The molecule has 35 heavy (non-hydrogen) atoms. The highest BCUT2D eigenvalue weighted by Gasteiger charge is 2.31. The lowest BCUT2D eigenvalue weighted by Crippen LogP contribution is -2.46. The summed E-state index contributed by atoms with van der Waals surface area (Å²) < 4.78 is 4.94. The Kier molecular flexibility index (Phi) is 10.8. The van der Waals surface area contributed by atoms with Gasteiger partial charge >= 0.3 is 5.97 Å². The topological polar surface area (TPSA) is 101 Å². The molecule has 2 fully saturated rings. The smallest absolute Gasteiger partial charge is 0.328 e. The Morgan fingerprint density at radius 1 is 1.06 bits per heavy atom. The number of hydrogen-bond donors (Lipinski definition) is 2. The normalized spacial score (nSPS) is 21.7. The number of nitrogens with zero attached hydrogens (tertiary/aromatic N) is 2. The minimum absolute atomic E-state index is 0.0671. The van der Waals surface area contributed by atoms with Gasteiger partial charge in [-0.25, -0.2) is 4.79 Å². The zero-order valence-electron chi connectivity index (χ0n) is 21.3. The van der Waals surface area contributed by atoms with Gasteiger partial charge in [0.2, 0.25) is 11.8 Å². The molecule has 1 aliphatic carbocycles. The molecule has 1 aromatic heterocycles. The van der Waals surface area contributed by atoms with Gasteiger partial charge in [0.05, 0.1) is 7.11 Å². The summed E-state index contributed by atoms with van der Waals surface area (Å²) in [5, 5.41) is 6.17. The second kappa shape index (κ2) is 14.0. The highest BCUT2D eigenvalue weighted by atomic mass is 16.5. The van der Waals surface area contributed by atoms with Crippen molar-refractivity contribution in [3.63, 3.8) is 0 Å². The molecule has 1 aromatic rings. The lowest BCUT2D eigenvalue weighted by molar-refractivity contribution is -0.145. The van der Waals surface area contributed by atoms with Gasteiger partial charge in [0.15, 0.2) is 0 Å². The molecule has 0 bridgehead atoms. The van der Waals surface area contributed by atoms with Crippen LogP contribution in [0, 0.1) is 11.8 Å². The third-order valence-electron chi connectivity index (χ3n) is 7.48. The maximum Gasteiger partial charge on any atom is 0.328 e. The molecule has 1 saturated carbocycles. The number of carbonyl (C=O) groups excluding carboxylic acids is 3. The number of unbranched alkanes of at least 4 members (excludes halogenated alkanes) is 2. The SMILES string of the molecule is CCCCCC(=O)NC(C[C@H]1CC[C@H](NC(=O)C2CCN(c3ccncc3)CC2)CC1)C(=O)OC. The van der Waals surface area contributed by atoms with Crippen LogP contribution in [0.5, 0.6) is 0 Å². The van der Waals surface area contributed by atoms with Crippen molar-refractivity contribution < 1.29 is 19.1 Å². The molecular weight excluding hydrogens is 444 g/mol. The molecule has 0 radical (unpaired) electrons. The quantitative estimate of drug-likeness (QED) is 0.366. The zero-order chi connectivity index (χ0) is 25.0. The third-order valence-corrected chi connectivity index (χ3v) is 7.48. The first-order valence-electron chi connectivity index (χ1n) is 13.3. The number of ether oxygens (including phenoxy) is 1. The fourth-order valence-corrected chi connectivity index (χ4v) is 5.31. The van der Waals surface area contributed by atoms with Crippen LogP contribution in [0.1, 0.15) is 77.6 Å². The molecule has 2 aliphatic rings. The summed E-state index contributed by atoms with van der Waals surface area (Å²) in [7, 11) is 1.37. The molecule has 194 valence electrons. The summed E-state index contributed by atoms with van der Waals surface area (Å²) in [5.41, 5.74) is 1.17. The van der Waals surface area contributed by atoms with Crippen molar-refractivity contribution in [2.75, 3.05) is 25.1 Å². The van der Waals surface area contributed by atoms with Gasteiger partial charge in [0.1, 0.15) is 6.04 Å². The summed E-state index contributed by atoms with van der Waals surface area (Å²) >= 11 is 0. The largest absolute Gasteiger partial charge is 0.467 e. The molecule has 3 rings (SSSR count). The van der Waals surface area contributed by atoms with Crippen LogP contribution in [0.3, 0.4) is 0 Å². The number of pyridine rings is 1. The predicted octanol–water partition coefficient (Wildman–Crippen LogP) is 3.60. The molecule has 2 amide bonds. The first-order valence-corrected chi connectivity index (χ1v) is 13.3. The highest BCUT2D eigenvalue weighted by Crippen LogP contribution is 2.29. The number of rotatable bonds is 11. The summed E-state index contributed by atoms with van der Waals surface area (Å²) in [4.78, 5) is 43.8. The third kappa shape index (κ3) is 8.51. The first kappa shape index (κ1) is 27.0. The van der Waals surface area contributed by atoms with Gasteiger partial charge in [-0.3, -0.25) is 14.6 Å². The lowest BCUT2D eigenvalue weighted by atomic mass is 9.82. The van der Waals surface area contributed by atoms with Gasteiger partial charge in [-0.15, -0.1) is 0 Å². The van der Waals surface area contributed by atoms with Crippen molar-refractivity contribution in [2.24, 2.45) is 11.8 Å². The fraction of sp³-hybridized carbons (Fsp3) is 0.704. The molecule has 2 N–H and O–H groups in total. The number of hydrogen-bond acceptors (Lipinski definition) is 6. The van der Waals surface area contributed by atoms with Crippen molar-refractivity contribution in [3.05, 3.63) is 24.5 Å². The maximum absolute atomic E-state index is 12.9. The molecule has 1 aliphatic heterocycles. The Labute approximate surface area is 209 Å². The molecule has 1 saturated heterocycles. The molecule has 0 spiro atoms. The number of aromatic nitrogens is 1. The zero-order valence-corrected chi connectivity index (χ0v) is 21.3. The van der Waals surface area contributed by atoms with E-state index in [0.717, 1.165) is 70.9 Å². The van der Waals surface area contributed by atoms with Gasteiger partial charge in [-0.2, -0.15) is 0 Å². The summed E-state index contributed by atoms with van der Waals surface area (Å²) in [6.07, 6.45) is 13.0. The van der Waals surface area contributed by atoms with Crippen LogP contribution in [0.4, 0.5) is 5.69 Å². The number of amides is 2. The average Bonchev–Trinajstić information content (AvgIpc) is 2.89. The van der Waals surface area contributed by atoms with E-state index in [1.165, 1.54) is 12.8 Å². The van der Waals surface area contributed by atoms with Crippen LogP contribution < -0.4 is 15.5 Å². The van der Waals surface area contributed by atoms with Crippen LogP contribution in [-0.2, 0) is 19.1 Å². The van der Waals surface area contributed by atoms with Crippen LogP contribution in [0.2, 0.25) is 0 Å². The lowest BCUT2D eigenvalue weighted by Gasteiger charge is -2.35. The van der Waals surface area contributed by atoms with E-state index in [1.54, 1.807) is 12.4 Å². The van der Waals surface area contributed by atoms with E-state index in [0.29, 0.717) is 18.8 Å². The Bertz CT molecular complexity index is 803. The van der Waals surface area contributed by atoms with Crippen molar-refractivity contribution in [2.45, 2.75) is 89.6 Å². The van der Waals surface area contributed by atoms with Crippen molar-refractivity contribution >= 4 is 23.5 Å². The molecule has 1 atom stereocenters. The average molecular weight is 487 g/mol. The van der Waals surface area contributed by atoms with E-state index >= 15 is 0 Å². The van der Waals surface area contributed by atoms with Crippen LogP contribution >= 0.6 is 0 Å². The van der Waals surface area contributed by atoms with E-state index in [-0.39, 0.29) is 29.7 Å². The van der Waals surface area contributed by atoms with E-state index in [9.17, 15) is 14.4 Å². The molecule has 8 nitrogen and oxygen atoms in total. The Morgan fingerprint density at radius 2 is 1.74 bits per heavy atom. The van der Waals surface area contributed by atoms with Crippen molar-refractivity contribution in [1.82, 2.24) is 15.6 Å². The molecule has 8 heteroatoms. The Hall–Kier alpha value is -2.64. The van der Waals surface area contributed by atoms with E-state index in [4.69, 9.17) is 4.74 Å². The standard InChI is InChI=1S/C27H42N4O4/c1-3-4-5-6-25(32)30-24(27(34)35-2)19-20-7-9-22(10-8-20)29-26(33)21-13-17-31(18-14-21)23-11-15-28-16-12-23/h11-12,15-16,20-22,24H,3-10,13-14,17-19H2,1-2H3,(H,29,33)(H,30,32)/t20-,22-,24?. The van der Waals surface area contributed by atoms with Crippen LogP contribution in [0.25, 0.3) is 0 Å². The molecular formula is C27H42N4O4. The molecule has 2 heterocycles. The van der Waals surface area contributed by atoms with Gasteiger partial charge in [0.25, 0.3) is 0 Å². The maximum atomic E-state index is 12.9. The number of anilines is 1. The first-order chi connectivity index (χ1) is 17.0. The van der Waals surface area contributed by atoms with E-state index in [1.807, 2.05) is 12.1 Å². The van der Waals surface area contributed by atoms with E-state index < -0.39 is 6.04 Å². The number of piperidine rings is 1. The summed E-state index contributed by atoms with van der Waals surface area (Å²) in [6, 6.07) is 3.64. The molecule has 0 aromatic carbocycles. The van der Waals surface area contributed by atoms with Gasteiger partial charge in [-0.05, 0) is 69.4 Å². The number of carbonyl (C=O) groups is 3. The fourth-order valence-electron chi connectivity index (χ4n) is 5.31. The van der Waals surface area contributed by atoms with Gasteiger partial charge in [-0.1, -0.05) is 19.8 Å². The van der Waals surface area contributed by atoms with Gasteiger partial charge in [0, 0.05) is 49.6 Å². The van der Waals surface area contributed by atoms with Gasteiger partial charge < -0.3 is 20.3 Å². The van der Waals surface area contributed by atoms with Crippen molar-refractivity contribution in [1.29, 1.82) is 0 Å². The summed E-state index contributed by atoms with van der Waals surface area (Å²) in [6.45, 7) is 3.86. The second-order valence-electron chi connectivity index (χ2n) is 10.0. The number of methoxy groups -OCH3 is 1. The Morgan fingerprint density at radius 3 is 2.37 bits per heavy atom.